The van der Waals surface area contributed by atoms with Crippen LogP contribution in [-0.2, 0) is 15.8 Å². The van der Waals surface area contributed by atoms with Crippen LogP contribution in [0.15, 0.2) is 18.2 Å². The highest BCUT2D eigenvalue weighted by molar-refractivity contribution is 7.47. The van der Waals surface area contributed by atoms with E-state index in [0.29, 0.717) is 5.56 Å². The second-order valence-electron chi connectivity index (χ2n) is 2.92. The summed E-state index contributed by atoms with van der Waals surface area (Å²) in [5.41, 5.74) is 1.16. The molecule has 0 fully saturated rings. The number of aliphatic carboxylic acids is 1. The van der Waals surface area contributed by atoms with Crippen molar-refractivity contribution in [3.05, 3.63) is 29.3 Å². The standard InChI is InChI=1S/C9H9O4P/c1-6-3-2-4-8(14(12)13)7(6)5-9(10)11/h2-4H,5H2,1H3,(H-,10,11,12,13)/p+1. The zero-order valence-corrected chi connectivity index (χ0v) is 8.49. The summed E-state index contributed by atoms with van der Waals surface area (Å²) in [6, 6.07) is 4.84. The molecule has 2 N–H and O–H groups in total. The van der Waals surface area contributed by atoms with Crippen LogP contribution in [0.3, 0.4) is 0 Å². The topological polar surface area (TPSA) is 74.6 Å². The van der Waals surface area contributed by atoms with Gasteiger partial charge in [-0.3, -0.25) is 4.79 Å². The summed E-state index contributed by atoms with van der Waals surface area (Å²) in [7, 11) is -2.48. The lowest BCUT2D eigenvalue weighted by molar-refractivity contribution is -0.136. The fourth-order valence-corrected chi connectivity index (χ4v) is 1.95. The third kappa shape index (κ3) is 2.37. The molecule has 0 aliphatic rings. The molecule has 1 atom stereocenters. The Kier molecular flexibility index (Phi) is 3.33. The van der Waals surface area contributed by atoms with Crippen LogP contribution < -0.4 is 5.30 Å². The van der Waals surface area contributed by atoms with E-state index < -0.39 is 14.0 Å². The molecule has 5 heteroatoms. The van der Waals surface area contributed by atoms with Gasteiger partial charge in [-0.15, -0.1) is 0 Å². The molecular formula is C9H10O4P+. The van der Waals surface area contributed by atoms with E-state index in [9.17, 15) is 9.36 Å². The second kappa shape index (κ2) is 4.31. The van der Waals surface area contributed by atoms with Crippen LogP contribution >= 0.6 is 8.03 Å². The molecule has 0 saturated heterocycles. The Morgan fingerprint density at radius 1 is 1.50 bits per heavy atom. The number of carboxylic acid groups (broad SMARTS) is 1. The van der Waals surface area contributed by atoms with Crippen LogP contribution in [0.1, 0.15) is 11.1 Å². The van der Waals surface area contributed by atoms with Crippen molar-refractivity contribution in [3.63, 3.8) is 0 Å². The number of aryl methyl sites for hydroxylation is 1. The van der Waals surface area contributed by atoms with Gasteiger partial charge in [-0.2, -0.15) is 4.89 Å². The summed E-state index contributed by atoms with van der Waals surface area (Å²) in [6.07, 6.45) is -0.219. The van der Waals surface area contributed by atoms with E-state index in [4.69, 9.17) is 10.00 Å². The Morgan fingerprint density at radius 3 is 2.64 bits per heavy atom. The third-order valence-corrected chi connectivity index (χ3v) is 2.75. The van der Waals surface area contributed by atoms with Crippen molar-refractivity contribution >= 4 is 19.3 Å². The molecular weight excluding hydrogens is 203 g/mol. The summed E-state index contributed by atoms with van der Waals surface area (Å²) in [4.78, 5) is 19.5. The molecule has 0 aliphatic carbocycles. The first kappa shape index (κ1) is 10.8. The van der Waals surface area contributed by atoms with Gasteiger partial charge < -0.3 is 5.11 Å². The maximum absolute atomic E-state index is 10.9. The highest BCUT2D eigenvalue weighted by Crippen LogP contribution is 2.19. The molecule has 0 aliphatic heterocycles. The number of hydrogen-bond acceptors (Lipinski definition) is 2. The first-order valence-corrected chi connectivity index (χ1v) is 5.20. The van der Waals surface area contributed by atoms with Crippen LogP contribution in [-0.4, -0.2) is 16.0 Å². The molecule has 74 valence electrons. The van der Waals surface area contributed by atoms with Crippen molar-refractivity contribution in [3.8, 4) is 0 Å². The lowest BCUT2D eigenvalue weighted by Crippen LogP contribution is -2.12. The third-order valence-electron chi connectivity index (χ3n) is 1.92. The summed E-state index contributed by atoms with van der Waals surface area (Å²) in [5, 5.41) is 8.83. The highest BCUT2D eigenvalue weighted by atomic mass is 31.1. The summed E-state index contributed by atoms with van der Waals surface area (Å²) < 4.78 is 10.9. The Bertz CT molecular complexity index is 386. The highest BCUT2D eigenvalue weighted by Gasteiger charge is 2.23. The van der Waals surface area contributed by atoms with Crippen LogP contribution in [0.5, 0.6) is 0 Å². The molecule has 1 aromatic rings. The molecule has 14 heavy (non-hydrogen) atoms. The van der Waals surface area contributed by atoms with Crippen molar-refractivity contribution < 1.29 is 19.4 Å². The predicted molar refractivity (Wildman–Crippen MR) is 52.0 cm³/mol. The van der Waals surface area contributed by atoms with Gasteiger partial charge in [-0.1, -0.05) is 12.1 Å². The predicted octanol–water partition coefficient (Wildman–Crippen LogP) is 0.982. The average Bonchev–Trinajstić information content (AvgIpc) is 2.07. The molecule has 0 heterocycles. The van der Waals surface area contributed by atoms with Crippen molar-refractivity contribution in [2.45, 2.75) is 13.3 Å². The molecule has 0 spiro atoms. The van der Waals surface area contributed by atoms with E-state index in [-0.39, 0.29) is 11.7 Å². The monoisotopic (exact) mass is 213 g/mol. The minimum absolute atomic E-state index is 0.211. The van der Waals surface area contributed by atoms with Gasteiger partial charge in [0.2, 0.25) is 5.30 Å². The number of hydrogen-bond donors (Lipinski definition) is 2. The van der Waals surface area contributed by atoms with Crippen LogP contribution in [0.25, 0.3) is 0 Å². The van der Waals surface area contributed by atoms with E-state index in [1.54, 1.807) is 19.1 Å². The zero-order chi connectivity index (χ0) is 10.7. The zero-order valence-electron chi connectivity index (χ0n) is 7.60. The molecule has 0 saturated carbocycles. The Labute approximate surface area is 82.1 Å². The molecule has 1 aromatic carbocycles. The quantitative estimate of drug-likeness (QED) is 0.734. The normalized spacial score (nSPS) is 11.1. The van der Waals surface area contributed by atoms with E-state index in [2.05, 4.69) is 0 Å². The average molecular weight is 213 g/mol. The van der Waals surface area contributed by atoms with Gasteiger partial charge in [0.1, 0.15) is 0 Å². The first-order chi connectivity index (χ1) is 6.52. The van der Waals surface area contributed by atoms with Crippen LogP contribution in [0, 0.1) is 6.92 Å². The summed E-state index contributed by atoms with van der Waals surface area (Å²) >= 11 is 0. The minimum Gasteiger partial charge on any atom is -0.481 e. The Morgan fingerprint density at radius 2 is 2.14 bits per heavy atom. The fraction of sp³-hybridized carbons (Fsp3) is 0.222. The van der Waals surface area contributed by atoms with Crippen molar-refractivity contribution in [2.75, 3.05) is 0 Å². The number of benzene rings is 1. The molecule has 1 rings (SSSR count). The van der Waals surface area contributed by atoms with Gasteiger partial charge >= 0.3 is 14.0 Å². The number of carbonyl (C=O) groups is 1. The van der Waals surface area contributed by atoms with Crippen LogP contribution in [0.4, 0.5) is 0 Å². The Hall–Kier alpha value is -1.25. The lowest BCUT2D eigenvalue weighted by Gasteiger charge is -2.01. The maximum Gasteiger partial charge on any atom is 0.546 e. The maximum atomic E-state index is 10.9. The van der Waals surface area contributed by atoms with Crippen LogP contribution in [0.2, 0.25) is 0 Å². The summed E-state index contributed by atoms with van der Waals surface area (Å²) in [6.45, 7) is 1.72. The van der Waals surface area contributed by atoms with Gasteiger partial charge in [0.15, 0.2) is 0 Å². The summed E-state index contributed by atoms with van der Waals surface area (Å²) in [5.74, 6) is -1.00. The first-order valence-electron chi connectivity index (χ1n) is 3.99. The van der Waals surface area contributed by atoms with Gasteiger partial charge in [-0.05, 0) is 23.1 Å². The van der Waals surface area contributed by atoms with Gasteiger partial charge in [-0.25, -0.2) is 0 Å². The molecule has 0 radical (unpaired) electrons. The smallest absolute Gasteiger partial charge is 0.481 e. The van der Waals surface area contributed by atoms with Crippen molar-refractivity contribution in [2.24, 2.45) is 0 Å². The molecule has 0 bridgehead atoms. The van der Waals surface area contributed by atoms with Crippen molar-refractivity contribution in [1.82, 2.24) is 0 Å². The van der Waals surface area contributed by atoms with E-state index in [0.717, 1.165) is 5.56 Å². The van der Waals surface area contributed by atoms with Crippen molar-refractivity contribution in [1.29, 1.82) is 0 Å². The van der Waals surface area contributed by atoms with Gasteiger partial charge in [0.25, 0.3) is 0 Å². The van der Waals surface area contributed by atoms with E-state index in [1.165, 1.54) is 6.07 Å². The van der Waals surface area contributed by atoms with Gasteiger partial charge in [0.05, 0.1) is 6.42 Å². The SMILES string of the molecule is Cc1cccc([P+](=O)O)c1CC(=O)O. The molecule has 1 unspecified atom stereocenters. The molecule has 4 nitrogen and oxygen atoms in total. The van der Waals surface area contributed by atoms with E-state index >= 15 is 0 Å². The number of rotatable bonds is 3. The Balaban J connectivity index is 3.22. The molecule has 0 aromatic heterocycles. The van der Waals surface area contributed by atoms with Gasteiger partial charge in [0, 0.05) is 5.56 Å². The minimum atomic E-state index is -2.48. The molecule has 0 amide bonds. The number of carboxylic acids is 1. The van der Waals surface area contributed by atoms with E-state index in [1.807, 2.05) is 0 Å². The fourth-order valence-electron chi connectivity index (χ4n) is 1.25. The largest absolute Gasteiger partial charge is 0.546 e. The lowest BCUT2D eigenvalue weighted by atomic mass is 10.1. The second-order valence-corrected chi connectivity index (χ2v) is 3.94.